The Morgan fingerprint density at radius 2 is 2.18 bits per heavy atom. The van der Waals surface area contributed by atoms with Crippen molar-refractivity contribution in [2.45, 2.75) is 6.42 Å². The van der Waals surface area contributed by atoms with Crippen LogP contribution in [0.2, 0.25) is 0 Å². The predicted molar refractivity (Wildman–Crippen MR) is 85.0 cm³/mol. The molecule has 6 nitrogen and oxygen atoms in total. The number of rotatable bonds is 6. The van der Waals surface area contributed by atoms with E-state index in [1.807, 2.05) is 31.3 Å². The molecule has 1 aliphatic heterocycles. The standard InChI is InChI=1S/C16H23N3O3/c1-17-8-9-18(2)16(21)12-10-15(20)19(11-12)13-6-4-5-7-14(13)22-3/h4-7,12,17H,8-11H2,1-3H3. The van der Waals surface area contributed by atoms with Gasteiger partial charge in [-0.15, -0.1) is 0 Å². The Morgan fingerprint density at radius 3 is 2.86 bits per heavy atom. The number of methoxy groups -OCH3 is 1. The van der Waals surface area contributed by atoms with Gasteiger partial charge in [0.1, 0.15) is 5.75 Å². The summed E-state index contributed by atoms with van der Waals surface area (Å²) >= 11 is 0. The first-order valence-corrected chi connectivity index (χ1v) is 7.41. The fraction of sp³-hybridized carbons (Fsp3) is 0.500. The lowest BCUT2D eigenvalue weighted by molar-refractivity contribution is -0.134. The molecule has 2 amide bonds. The normalized spacial score (nSPS) is 17.7. The maximum atomic E-state index is 12.4. The van der Waals surface area contributed by atoms with E-state index in [9.17, 15) is 9.59 Å². The van der Waals surface area contributed by atoms with Crippen molar-refractivity contribution in [1.29, 1.82) is 0 Å². The molecule has 120 valence electrons. The molecular formula is C16H23N3O3. The number of hydrogen-bond donors (Lipinski definition) is 1. The van der Waals surface area contributed by atoms with Gasteiger partial charge in [-0.2, -0.15) is 0 Å². The smallest absolute Gasteiger partial charge is 0.227 e. The van der Waals surface area contributed by atoms with E-state index in [0.29, 0.717) is 18.8 Å². The summed E-state index contributed by atoms with van der Waals surface area (Å²) in [4.78, 5) is 28.0. The van der Waals surface area contributed by atoms with Crippen molar-refractivity contribution in [3.8, 4) is 5.75 Å². The van der Waals surface area contributed by atoms with Crippen LogP contribution in [0.1, 0.15) is 6.42 Å². The number of carbonyl (C=O) groups excluding carboxylic acids is 2. The minimum Gasteiger partial charge on any atom is -0.495 e. The molecule has 2 rings (SSSR count). The van der Waals surface area contributed by atoms with Crippen LogP contribution in [0.15, 0.2) is 24.3 Å². The maximum Gasteiger partial charge on any atom is 0.227 e. The van der Waals surface area contributed by atoms with Crippen molar-refractivity contribution in [2.75, 3.05) is 45.7 Å². The third-order valence-corrected chi connectivity index (χ3v) is 3.92. The molecule has 0 spiro atoms. The number of hydrogen-bond acceptors (Lipinski definition) is 4. The molecular weight excluding hydrogens is 282 g/mol. The van der Waals surface area contributed by atoms with Gasteiger partial charge in [-0.1, -0.05) is 12.1 Å². The Kier molecular flexibility index (Phi) is 5.38. The van der Waals surface area contributed by atoms with E-state index >= 15 is 0 Å². The van der Waals surface area contributed by atoms with Gasteiger partial charge in [0.25, 0.3) is 0 Å². The molecule has 1 aromatic carbocycles. The Hall–Kier alpha value is -2.08. The summed E-state index contributed by atoms with van der Waals surface area (Å²) < 4.78 is 5.30. The fourth-order valence-corrected chi connectivity index (χ4v) is 2.66. The van der Waals surface area contributed by atoms with Gasteiger partial charge >= 0.3 is 0 Å². The van der Waals surface area contributed by atoms with Crippen LogP contribution in [0.3, 0.4) is 0 Å². The van der Waals surface area contributed by atoms with Crippen molar-refractivity contribution in [2.24, 2.45) is 5.92 Å². The summed E-state index contributed by atoms with van der Waals surface area (Å²) in [5.41, 5.74) is 0.725. The highest BCUT2D eigenvalue weighted by Gasteiger charge is 2.37. The molecule has 6 heteroatoms. The molecule has 22 heavy (non-hydrogen) atoms. The van der Waals surface area contributed by atoms with Crippen LogP contribution in [0, 0.1) is 5.92 Å². The molecule has 0 aliphatic carbocycles. The summed E-state index contributed by atoms with van der Waals surface area (Å²) in [6.07, 6.45) is 0.251. The van der Waals surface area contributed by atoms with Crippen LogP contribution in [0.4, 0.5) is 5.69 Å². The predicted octanol–water partition coefficient (Wildman–Crippen LogP) is 0.726. The number of nitrogens with one attached hydrogen (secondary N) is 1. The van der Waals surface area contributed by atoms with Gasteiger partial charge < -0.3 is 19.9 Å². The molecule has 1 fully saturated rings. The SMILES string of the molecule is CNCCN(C)C(=O)C1CC(=O)N(c2ccccc2OC)C1. The quantitative estimate of drug-likeness (QED) is 0.841. The van der Waals surface area contributed by atoms with E-state index in [-0.39, 0.29) is 24.2 Å². The molecule has 0 bridgehead atoms. The Bertz CT molecular complexity index is 547. The monoisotopic (exact) mass is 305 g/mol. The average molecular weight is 305 g/mol. The first-order valence-electron chi connectivity index (χ1n) is 7.41. The van der Waals surface area contributed by atoms with Crippen LogP contribution in [-0.2, 0) is 9.59 Å². The van der Waals surface area contributed by atoms with E-state index in [2.05, 4.69) is 5.32 Å². The molecule has 0 aromatic heterocycles. The number of amides is 2. The highest BCUT2D eigenvalue weighted by Crippen LogP contribution is 2.33. The van der Waals surface area contributed by atoms with E-state index in [1.165, 1.54) is 0 Å². The molecule has 1 aromatic rings. The molecule has 0 radical (unpaired) electrons. The zero-order chi connectivity index (χ0) is 16.1. The van der Waals surface area contributed by atoms with E-state index in [4.69, 9.17) is 4.74 Å². The Labute approximate surface area is 131 Å². The Balaban J connectivity index is 2.09. The minimum absolute atomic E-state index is 0.0148. The lowest BCUT2D eigenvalue weighted by Crippen LogP contribution is -2.38. The van der Waals surface area contributed by atoms with Crippen LogP contribution in [0.25, 0.3) is 0 Å². The van der Waals surface area contributed by atoms with E-state index in [0.717, 1.165) is 12.2 Å². The van der Waals surface area contributed by atoms with Gasteiger partial charge in [0.2, 0.25) is 11.8 Å². The van der Waals surface area contributed by atoms with Crippen molar-refractivity contribution in [1.82, 2.24) is 10.2 Å². The van der Waals surface area contributed by atoms with Crippen LogP contribution in [0.5, 0.6) is 5.75 Å². The second-order valence-electron chi connectivity index (χ2n) is 5.44. The van der Waals surface area contributed by atoms with Crippen molar-refractivity contribution < 1.29 is 14.3 Å². The van der Waals surface area contributed by atoms with Gasteiger partial charge in [-0.3, -0.25) is 9.59 Å². The van der Waals surface area contributed by atoms with Gasteiger partial charge in [-0.25, -0.2) is 0 Å². The maximum absolute atomic E-state index is 12.4. The molecule has 1 aliphatic rings. The van der Waals surface area contributed by atoms with E-state index in [1.54, 1.807) is 24.0 Å². The van der Waals surface area contributed by atoms with Gasteiger partial charge in [0.05, 0.1) is 18.7 Å². The molecule has 0 saturated carbocycles. The van der Waals surface area contributed by atoms with Crippen molar-refractivity contribution >= 4 is 17.5 Å². The first-order chi connectivity index (χ1) is 10.6. The van der Waals surface area contributed by atoms with Gasteiger partial charge in [-0.05, 0) is 19.2 Å². The number of para-hydroxylation sites is 2. The second-order valence-corrected chi connectivity index (χ2v) is 5.44. The zero-order valence-electron chi connectivity index (χ0n) is 13.3. The Morgan fingerprint density at radius 1 is 1.45 bits per heavy atom. The lowest BCUT2D eigenvalue weighted by Gasteiger charge is -2.22. The number of likely N-dealkylation sites (N-methyl/N-ethyl adjacent to an activating group) is 2. The third kappa shape index (κ3) is 3.39. The summed E-state index contributed by atoms with van der Waals surface area (Å²) in [5, 5.41) is 3.01. The summed E-state index contributed by atoms with van der Waals surface area (Å²) in [5.74, 6) is 0.331. The molecule has 1 atom stereocenters. The van der Waals surface area contributed by atoms with Gasteiger partial charge in [0, 0.05) is 33.1 Å². The molecule has 1 saturated heterocycles. The first kappa shape index (κ1) is 16.3. The second kappa shape index (κ2) is 7.26. The van der Waals surface area contributed by atoms with Crippen LogP contribution in [-0.4, -0.2) is 57.6 Å². The fourth-order valence-electron chi connectivity index (χ4n) is 2.66. The highest BCUT2D eigenvalue weighted by atomic mass is 16.5. The number of carbonyl (C=O) groups is 2. The molecule has 1 N–H and O–H groups in total. The lowest BCUT2D eigenvalue weighted by atomic mass is 10.1. The van der Waals surface area contributed by atoms with Crippen LogP contribution < -0.4 is 15.0 Å². The van der Waals surface area contributed by atoms with Crippen molar-refractivity contribution in [3.05, 3.63) is 24.3 Å². The summed E-state index contributed by atoms with van der Waals surface area (Å²) in [6, 6.07) is 7.38. The average Bonchev–Trinajstić information content (AvgIpc) is 2.93. The minimum atomic E-state index is -0.292. The highest BCUT2D eigenvalue weighted by molar-refractivity contribution is 6.01. The number of anilines is 1. The number of benzene rings is 1. The van der Waals surface area contributed by atoms with E-state index < -0.39 is 0 Å². The number of ether oxygens (including phenoxy) is 1. The van der Waals surface area contributed by atoms with Crippen molar-refractivity contribution in [3.63, 3.8) is 0 Å². The summed E-state index contributed by atoms with van der Waals surface area (Å²) in [7, 11) is 5.20. The topological polar surface area (TPSA) is 61.9 Å². The largest absolute Gasteiger partial charge is 0.495 e. The van der Waals surface area contributed by atoms with Crippen LogP contribution >= 0.6 is 0 Å². The molecule has 1 unspecified atom stereocenters. The number of nitrogens with zero attached hydrogens (tertiary/aromatic N) is 2. The third-order valence-electron chi connectivity index (χ3n) is 3.92. The summed E-state index contributed by atoms with van der Waals surface area (Å²) in [6.45, 7) is 1.77. The molecule has 1 heterocycles. The van der Waals surface area contributed by atoms with Gasteiger partial charge in [0.15, 0.2) is 0 Å². The zero-order valence-corrected chi connectivity index (χ0v) is 13.3.